The maximum atomic E-state index is 5.96. The second kappa shape index (κ2) is 5.41. The van der Waals surface area contributed by atoms with Crippen LogP contribution >= 0.6 is 0 Å². The Hall–Kier alpha value is -0.870. The second-order valence-corrected chi connectivity index (χ2v) is 5.88. The van der Waals surface area contributed by atoms with Crippen LogP contribution in [0.15, 0.2) is 12.5 Å². The van der Waals surface area contributed by atoms with Crippen LogP contribution in [0.4, 0.5) is 0 Å². The summed E-state index contributed by atoms with van der Waals surface area (Å²) >= 11 is 0. The number of hydrogen-bond donors (Lipinski definition) is 1. The molecule has 18 heavy (non-hydrogen) atoms. The number of nitrogens with zero attached hydrogens (tertiary/aromatic N) is 3. The number of rotatable bonds is 4. The van der Waals surface area contributed by atoms with Crippen molar-refractivity contribution in [1.82, 2.24) is 14.5 Å². The fraction of sp³-hybridized carbons (Fsp3) is 0.786. The normalized spacial score (nSPS) is 25.5. The highest BCUT2D eigenvalue weighted by Crippen LogP contribution is 2.38. The van der Waals surface area contributed by atoms with Gasteiger partial charge in [-0.1, -0.05) is 0 Å². The van der Waals surface area contributed by atoms with Crippen molar-refractivity contribution >= 4 is 0 Å². The Morgan fingerprint density at radius 3 is 2.61 bits per heavy atom. The highest BCUT2D eigenvalue weighted by molar-refractivity contribution is 5.12. The van der Waals surface area contributed by atoms with E-state index in [1.165, 1.54) is 12.1 Å². The van der Waals surface area contributed by atoms with Gasteiger partial charge in [-0.3, -0.25) is 4.90 Å². The third-order valence-corrected chi connectivity index (χ3v) is 4.08. The molecule has 0 aromatic carbocycles. The van der Waals surface area contributed by atoms with Crippen molar-refractivity contribution < 1.29 is 0 Å². The van der Waals surface area contributed by atoms with Gasteiger partial charge in [0.1, 0.15) is 0 Å². The Morgan fingerprint density at radius 1 is 1.33 bits per heavy atom. The van der Waals surface area contributed by atoms with Gasteiger partial charge in [-0.05, 0) is 53.1 Å². The highest BCUT2D eigenvalue weighted by Gasteiger charge is 2.37. The summed E-state index contributed by atoms with van der Waals surface area (Å²) in [7, 11) is 0. The molecule has 2 heterocycles. The molecule has 0 spiro atoms. The molecule has 1 aromatic heterocycles. The molecule has 1 aromatic rings. The van der Waals surface area contributed by atoms with Crippen LogP contribution in [0.2, 0.25) is 0 Å². The molecular weight excluding hydrogens is 224 g/mol. The number of imidazole rings is 1. The van der Waals surface area contributed by atoms with Gasteiger partial charge in [0.25, 0.3) is 0 Å². The second-order valence-electron chi connectivity index (χ2n) is 5.88. The van der Waals surface area contributed by atoms with Gasteiger partial charge in [0.05, 0.1) is 18.1 Å². The van der Waals surface area contributed by atoms with Crippen LogP contribution in [-0.2, 0) is 0 Å². The first kappa shape index (κ1) is 13.6. The van der Waals surface area contributed by atoms with Crippen LogP contribution in [0.25, 0.3) is 0 Å². The van der Waals surface area contributed by atoms with Gasteiger partial charge < -0.3 is 10.3 Å². The highest BCUT2D eigenvalue weighted by atomic mass is 15.2. The summed E-state index contributed by atoms with van der Waals surface area (Å²) < 4.78 is 2.29. The Balaban J connectivity index is 2.34. The molecule has 0 bridgehead atoms. The largest absolute Gasteiger partial charge is 0.331 e. The molecule has 102 valence electrons. The summed E-state index contributed by atoms with van der Waals surface area (Å²) in [5.74, 6) is 0.557. The van der Waals surface area contributed by atoms with Crippen molar-refractivity contribution in [3.05, 3.63) is 18.2 Å². The molecule has 1 aliphatic heterocycles. The van der Waals surface area contributed by atoms with E-state index in [1.807, 2.05) is 12.5 Å². The van der Waals surface area contributed by atoms with Gasteiger partial charge >= 0.3 is 0 Å². The SMILES string of the molecule is CC(C)N1CCC(CN)C1c1cncn1C(C)C. The molecule has 1 fully saturated rings. The van der Waals surface area contributed by atoms with Crippen molar-refractivity contribution in [3.63, 3.8) is 0 Å². The van der Waals surface area contributed by atoms with Crippen LogP contribution in [0, 0.1) is 5.92 Å². The van der Waals surface area contributed by atoms with Crippen LogP contribution in [-0.4, -0.2) is 33.6 Å². The first-order valence-corrected chi connectivity index (χ1v) is 7.03. The average Bonchev–Trinajstić information content (AvgIpc) is 2.94. The van der Waals surface area contributed by atoms with Crippen LogP contribution in [0.3, 0.4) is 0 Å². The molecule has 2 atom stereocenters. The lowest BCUT2D eigenvalue weighted by atomic mass is 9.97. The van der Waals surface area contributed by atoms with E-state index >= 15 is 0 Å². The molecule has 0 radical (unpaired) electrons. The Bertz CT molecular complexity index is 383. The van der Waals surface area contributed by atoms with Gasteiger partial charge in [0.2, 0.25) is 0 Å². The molecule has 0 saturated carbocycles. The summed E-state index contributed by atoms with van der Waals surface area (Å²) in [5, 5.41) is 0. The van der Waals surface area contributed by atoms with Gasteiger partial charge in [-0.2, -0.15) is 0 Å². The van der Waals surface area contributed by atoms with Crippen LogP contribution < -0.4 is 5.73 Å². The van der Waals surface area contributed by atoms with E-state index in [1.54, 1.807) is 0 Å². The van der Waals surface area contributed by atoms with Crippen molar-refractivity contribution in [1.29, 1.82) is 0 Å². The minimum Gasteiger partial charge on any atom is -0.331 e. The minimum atomic E-state index is 0.430. The predicted octanol–water partition coefficient (Wildman–Crippen LogP) is 2.19. The monoisotopic (exact) mass is 250 g/mol. The standard InChI is InChI=1S/C14H26N4/c1-10(2)17-6-5-12(7-15)14(17)13-8-16-9-18(13)11(3)4/h8-12,14H,5-7,15H2,1-4H3. The molecule has 0 amide bonds. The molecule has 4 nitrogen and oxygen atoms in total. The number of nitrogens with two attached hydrogens (primary N) is 1. The summed E-state index contributed by atoms with van der Waals surface area (Å²) in [4.78, 5) is 6.91. The van der Waals surface area contributed by atoms with Gasteiger partial charge in [-0.25, -0.2) is 4.98 Å². The van der Waals surface area contributed by atoms with Crippen molar-refractivity contribution in [2.75, 3.05) is 13.1 Å². The first-order chi connectivity index (χ1) is 8.56. The van der Waals surface area contributed by atoms with Gasteiger partial charge in [0.15, 0.2) is 0 Å². The molecule has 2 rings (SSSR count). The third kappa shape index (κ3) is 2.31. The van der Waals surface area contributed by atoms with Crippen molar-refractivity contribution in [2.45, 2.75) is 52.2 Å². The zero-order valence-electron chi connectivity index (χ0n) is 12.0. The van der Waals surface area contributed by atoms with E-state index in [-0.39, 0.29) is 0 Å². The summed E-state index contributed by atoms with van der Waals surface area (Å²) in [6.07, 6.45) is 5.17. The maximum Gasteiger partial charge on any atom is 0.0951 e. The van der Waals surface area contributed by atoms with Crippen LogP contribution in [0.5, 0.6) is 0 Å². The Labute approximate surface area is 110 Å². The summed E-state index contributed by atoms with van der Waals surface area (Å²) in [6, 6.07) is 1.44. The first-order valence-electron chi connectivity index (χ1n) is 7.03. The smallest absolute Gasteiger partial charge is 0.0951 e. The minimum absolute atomic E-state index is 0.430. The van der Waals surface area contributed by atoms with Crippen LogP contribution in [0.1, 0.15) is 51.9 Å². The predicted molar refractivity (Wildman–Crippen MR) is 74.4 cm³/mol. The van der Waals surface area contributed by atoms with E-state index in [0.29, 0.717) is 24.0 Å². The van der Waals surface area contributed by atoms with E-state index in [2.05, 4.69) is 42.1 Å². The third-order valence-electron chi connectivity index (χ3n) is 4.08. The summed E-state index contributed by atoms with van der Waals surface area (Å²) in [6.45, 7) is 10.9. The van der Waals surface area contributed by atoms with Crippen molar-refractivity contribution in [3.8, 4) is 0 Å². The van der Waals surface area contributed by atoms with E-state index in [0.717, 1.165) is 13.1 Å². The molecule has 0 aliphatic carbocycles. The quantitative estimate of drug-likeness (QED) is 0.891. The zero-order valence-corrected chi connectivity index (χ0v) is 12.0. The van der Waals surface area contributed by atoms with E-state index in [4.69, 9.17) is 5.73 Å². The fourth-order valence-electron chi connectivity index (χ4n) is 3.10. The van der Waals surface area contributed by atoms with E-state index < -0.39 is 0 Å². The molecule has 1 aliphatic rings. The molecule has 2 unspecified atom stereocenters. The zero-order chi connectivity index (χ0) is 13.3. The Kier molecular flexibility index (Phi) is 4.07. The number of aromatic nitrogens is 2. The average molecular weight is 250 g/mol. The molecule has 2 N–H and O–H groups in total. The fourth-order valence-corrected chi connectivity index (χ4v) is 3.10. The Morgan fingerprint density at radius 2 is 2.06 bits per heavy atom. The van der Waals surface area contributed by atoms with Gasteiger partial charge in [-0.15, -0.1) is 0 Å². The lowest BCUT2D eigenvalue weighted by Gasteiger charge is -2.32. The molecule has 1 saturated heterocycles. The number of likely N-dealkylation sites (tertiary alicyclic amines) is 1. The van der Waals surface area contributed by atoms with Gasteiger partial charge in [0, 0.05) is 18.3 Å². The van der Waals surface area contributed by atoms with E-state index in [9.17, 15) is 0 Å². The van der Waals surface area contributed by atoms with Crippen molar-refractivity contribution in [2.24, 2.45) is 11.7 Å². The number of hydrogen-bond acceptors (Lipinski definition) is 3. The lowest BCUT2D eigenvalue weighted by molar-refractivity contribution is 0.176. The molecule has 4 heteroatoms. The maximum absolute atomic E-state index is 5.96. The topological polar surface area (TPSA) is 47.1 Å². The lowest BCUT2D eigenvalue weighted by Crippen LogP contribution is -2.34. The molecular formula is C14H26N4. The summed E-state index contributed by atoms with van der Waals surface area (Å²) in [5.41, 5.74) is 7.29.